The molecule has 1 aromatic rings. The molecule has 2 aliphatic rings. The molecule has 2 aliphatic carbocycles. The maximum absolute atomic E-state index is 2.99. The molecule has 0 N–H and O–H groups in total. The molecule has 0 aromatic carbocycles. The molecule has 2 heteroatoms. The molecule has 0 fully saturated rings. The van der Waals surface area contributed by atoms with Crippen LogP contribution in [0, 0.1) is 17.5 Å². The molecule has 0 atom stereocenters. The van der Waals surface area contributed by atoms with Crippen molar-refractivity contribution in [3.8, 4) is 0 Å². The van der Waals surface area contributed by atoms with Gasteiger partial charge in [0, 0.05) is 0 Å². The molecule has 16 heavy (non-hydrogen) atoms. The second kappa shape index (κ2) is 12.6. The minimum absolute atomic E-state index is 0. The molecule has 1 radical (unpaired) electrons. The first-order valence-corrected chi connectivity index (χ1v) is 5.71. The molecule has 3 rings (SSSR count). The topological polar surface area (TPSA) is 0 Å². The zero-order valence-electron chi connectivity index (χ0n) is 9.02. The van der Waals surface area contributed by atoms with Crippen LogP contribution in [0.25, 0.3) is 0 Å². The summed E-state index contributed by atoms with van der Waals surface area (Å²) in [6.45, 7) is 0. The second-order valence-corrected chi connectivity index (χ2v) is 3.48. The fourth-order valence-electron chi connectivity index (χ4n) is 0.877. The molecule has 0 saturated heterocycles. The van der Waals surface area contributed by atoms with Gasteiger partial charge in [0.2, 0.25) is 0 Å². The Labute approximate surface area is 121 Å². The van der Waals surface area contributed by atoms with Gasteiger partial charge in [0.1, 0.15) is 0 Å². The molecule has 0 unspecified atom stereocenters. The number of allylic oxidation sites excluding steroid dienone is 8. The zero-order chi connectivity index (χ0) is 10.6. The van der Waals surface area contributed by atoms with E-state index >= 15 is 0 Å². The second-order valence-electron chi connectivity index (χ2n) is 2.74. The molecule has 0 spiro atoms. The Kier molecular flexibility index (Phi) is 12.3. The minimum Gasteiger partial charge on any atom is -0.304 e. The molecule has 0 saturated carbocycles. The summed E-state index contributed by atoms with van der Waals surface area (Å²) in [4.78, 5) is 0. The van der Waals surface area contributed by atoms with Crippen LogP contribution in [-0.4, -0.2) is 0 Å². The van der Waals surface area contributed by atoms with Gasteiger partial charge in [0.15, 0.2) is 0 Å². The Balaban J connectivity index is 0.000000205. The first kappa shape index (κ1) is 15.5. The molecular formula is C14H13SZr. The Morgan fingerprint density at radius 2 is 1.56 bits per heavy atom. The van der Waals surface area contributed by atoms with Gasteiger partial charge < -0.3 is 11.3 Å². The Hall–Kier alpha value is -0.457. The van der Waals surface area contributed by atoms with E-state index in [4.69, 9.17) is 0 Å². The van der Waals surface area contributed by atoms with E-state index < -0.39 is 0 Å². The summed E-state index contributed by atoms with van der Waals surface area (Å²) in [6, 6.07) is 3.86. The molecule has 79 valence electrons. The van der Waals surface area contributed by atoms with E-state index in [1.54, 1.807) is 11.3 Å². The molecule has 0 aliphatic heterocycles. The SMILES string of the molecule is [C-]1=CC=CC1.[C-]1=CC=CC1.[Zr+3].[c-]1cccs1. The Bertz CT molecular complexity index is 272. The van der Waals surface area contributed by atoms with E-state index in [0.29, 0.717) is 0 Å². The van der Waals surface area contributed by atoms with E-state index in [1.165, 1.54) is 0 Å². The monoisotopic (exact) mass is 303 g/mol. The Morgan fingerprint density at radius 1 is 0.938 bits per heavy atom. The van der Waals surface area contributed by atoms with Crippen molar-refractivity contribution in [3.05, 3.63) is 71.5 Å². The zero-order valence-corrected chi connectivity index (χ0v) is 12.3. The maximum atomic E-state index is 2.99. The van der Waals surface area contributed by atoms with Crippen LogP contribution in [0.2, 0.25) is 0 Å². The van der Waals surface area contributed by atoms with Crippen LogP contribution in [0.5, 0.6) is 0 Å². The molecule has 0 nitrogen and oxygen atoms in total. The van der Waals surface area contributed by atoms with Gasteiger partial charge in [-0.05, 0) is 0 Å². The van der Waals surface area contributed by atoms with Crippen molar-refractivity contribution >= 4 is 11.3 Å². The van der Waals surface area contributed by atoms with Gasteiger partial charge in [-0.1, -0.05) is 0 Å². The van der Waals surface area contributed by atoms with Gasteiger partial charge >= 0.3 is 26.2 Å². The maximum Gasteiger partial charge on any atom is 3.00 e. The van der Waals surface area contributed by atoms with E-state index in [0.717, 1.165) is 12.8 Å². The third-order valence-electron chi connectivity index (χ3n) is 1.55. The van der Waals surface area contributed by atoms with Crippen LogP contribution in [0.15, 0.2) is 54.0 Å². The van der Waals surface area contributed by atoms with Crippen molar-refractivity contribution in [2.45, 2.75) is 12.8 Å². The summed E-state index contributed by atoms with van der Waals surface area (Å²) in [6.07, 6.45) is 20.0. The molecule has 0 amide bonds. The standard InChI is InChI=1S/2C5H5.C4H3S.Zr/c3*1-2-4-5-3-1;/h2*1-3H,4H2;1-3H;/q3*-1;+3. The van der Waals surface area contributed by atoms with Gasteiger partial charge in [0.05, 0.1) is 0 Å². The summed E-state index contributed by atoms with van der Waals surface area (Å²) in [5.41, 5.74) is 0. The molecule has 1 aromatic heterocycles. The van der Waals surface area contributed by atoms with E-state index in [2.05, 4.69) is 29.7 Å². The van der Waals surface area contributed by atoms with Crippen LogP contribution in [0.3, 0.4) is 0 Å². The smallest absolute Gasteiger partial charge is 0.304 e. The van der Waals surface area contributed by atoms with Crippen molar-refractivity contribution < 1.29 is 26.2 Å². The third kappa shape index (κ3) is 10.1. The summed E-state index contributed by atoms with van der Waals surface area (Å²) in [5.74, 6) is 0. The summed E-state index contributed by atoms with van der Waals surface area (Å²) in [5, 5.41) is 4.89. The fraction of sp³-hybridized carbons (Fsp3) is 0.143. The quantitative estimate of drug-likeness (QED) is 0.631. The average molecular weight is 305 g/mol. The van der Waals surface area contributed by atoms with Crippen LogP contribution >= 0.6 is 11.3 Å². The molecule has 0 bridgehead atoms. The van der Waals surface area contributed by atoms with Crippen LogP contribution in [0.1, 0.15) is 12.8 Å². The fourth-order valence-corrected chi connectivity index (χ4v) is 1.27. The largest absolute Gasteiger partial charge is 3.00 e. The van der Waals surface area contributed by atoms with Crippen molar-refractivity contribution in [3.63, 3.8) is 0 Å². The van der Waals surface area contributed by atoms with Crippen molar-refractivity contribution in [1.82, 2.24) is 0 Å². The summed E-state index contributed by atoms with van der Waals surface area (Å²) in [7, 11) is 0. The van der Waals surface area contributed by atoms with E-state index in [9.17, 15) is 0 Å². The Morgan fingerprint density at radius 3 is 1.69 bits per heavy atom. The van der Waals surface area contributed by atoms with Gasteiger partial charge in [-0.3, -0.25) is 12.2 Å². The summed E-state index contributed by atoms with van der Waals surface area (Å²) < 4.78 is 0. The van der Waals surface area contributed by atoms with E-state index in [1.807, 2.05) is 41.8 Å². The van der Waals surface area contributed by atoms with Crippen LogP contribution in [-0.2, 0) is 26.2 Å². The van der Waals surface area contributed by atoms with Gasteiger partial charge in [-0.15, -0.1) is 18.2 Å². The number of thiophene rings is 1. The van der Waals surface area contributed by atoms with Crippen LogP contribution < -0.4 is 0 Å². The first-order valence-electron chi connectivity index (χ1n) is 4.83. The first-order chi connectivity index (χ1) is 7.50. The summed E-state index contributed by atoms with van der Waals surface area (Å²) >= 11 is 1.59. The number of hydrogen-bond acceptors (Lipinski definition) is 1. The predicted molar refractivity (Wildman–Crippen MR) is 66.3 cm³/mol. The van der Waals surface area contributed by atoms with Crippen molar-refractivity contribution in [1.29, 1.82) is 0 Å². The predicted octanol–water partition coefficient (Wildman–Crippen LogP) is 4.16. The van der Waals surface area contributed by atoms with Gasteiger partial charge in [-0.2, -0.15) is 23.6 Å². The average Bonchev–Trinajstić information content (AvgIpc) is 3.09. The van der Waals surface area contributed by atoms with Crippen molar-refractivity contribution in [2.75, 3.05) is 0 Å². The van der Waals surface area contributed by atoms with Crippen molar-refractivity contribution in [2.24, 2.45) is 0 Å². The normalized spacial score (nSPS) is 13.5. The molecule has 1 heterocycles. The molecular weight excluding hydrogens is 291 g/mol. The van der Waals surface area contributed by atoms with Crippen LogP contribution in [0.4, 0.5) is 0 Å². The number of rotatable bonds is 0. The van der Waals surface area contributed by atoms with Gasteiger partial charge in [0.25, 0.3) is 0 Å². The minimum atomic E-state index is 0. The number of hydrogen-bond donors (Lipinski definition) is 0. The third-order valence-corrected chi connectivity index (χ3v) is 2.12. The van der Waals surface area contributed by atoms with E-state index in [-0.39, 0.29) is 26.2 Å². The van der Waals surface area contributed by atoms with Gasteiger partial charge in [-0.25, -0.2) is 30.4 Å².